The number of nitrogens with zero attached hydrogens (tertiary/aromatic N) is 2. The van der Waals surface area contributed by atoms with E-state index in [9.17, 15) is 40.6 Å². The second-order valence-corrected chi connectivity index (χ2v) is 22.9. The Kier molecular flexibility index (Phi) is 20.6. The van der Waals surface area contributed by atoms with Crippen molar-refractivity contribution in [2.24, 2.45) is 21.4 Å². The number of carbonyl (C=O) groups excluding carboxylic acids is 4. The molecule has 5 aromatic rings. The second kappa shape index (κ2) is 23.8. The van der Waals surface area contributed by atoms with Gasteiger partial charge in [-0.15, -0.1) is 5.11 Å². The molecule has 2 unspecified atom stereocenters. The van der Waals surface area contributed by atoms with E-state index in [2.05, 4.69) is 20.9 Å². The van der Waals surface area contributed by atoms with Crippen molar-refractivity contribution >= 4 is 88.9 Å². The minimum absolute atomic E-state index is 0. The molecular weight excluding hydrogens is 1040 g/mol. The molecule has 5 N–H and O–H groups in total. The number of hydrogen-bond acceptors (Lipinski definition) is 15. The Bertz CT molecular complexity index is 3230. The molecule has 0 aromatic heterocycles. The van der Waals surface area contributed by atoms with Crippen LogP contribution in [0.15, 0.2) is 105 Å². The molecule has 0 heterocycles. The predicted molar refractivity (Wildman–Crippen MR) is 270 cm³/mol. The van der Waals surface area contributed by atoms with Gasteiger partial charge in [0.25, 0.3) is 22.5 Å². The molecule has 0 aliphatic rings. The molecule has 18 nitrogen and oxygen atoms in total. The number of phenolic OH excluding ortho intramolecular Hbond substituents is 1. The molecule has 5 rings (SSSR count). The number of Topliss-reactive ketones (excluding diaryl/α,β-unsaturated/α-hetero) is 1. The van der Waals surface area contributed by atoms with Gasteiger partial charge in [-0.25, -0.2) is 16.8 Å². The van der Waals surface area contributed by atoms with Crippen LogP contribution in [0.5, 0.6) is 17.2 Å². The number of phenols is 1. The largest absolute Gasteiger partial charge is 1.00 e. The Labute approximate surface area is 481 Å². The third kappa shape index (κ3) is 13.7. The summed E-state index contributed by atoms with van der Waals surface area (Å²) in [6.07, 6.45) is 1.02. The summed E-state index contributed by atoms with van der Waals surface area (Å²) < 4.78 is 86.9. The van der Waals surface area contributed by atoms with Gasteiger partial charge in [0.1, 0.15) is 37.4 Å². The molecule has 386 valence electrons. The summed E-state index contributed by atoms with van der Waals surface area (Å²) in [7, 11) is -10.7. The van der Waals surface area contributed by atoms with Gasteiger partial charge in [-0.1, -0.05) is 105 Å². The number of rotatable bonds is 19. The molecule has 0 spiro atoms. The van der Waals surface area contributed by atoms with E-state index in [4.69, 9.17) is 26.8 Å². The van der Waals surface area contributed by atoms with E-state index in [-0.39, 0.29) is 93.7 Å². The summed E-state index contributed by atoms with van der Waals surface area (Å²) in [6.45, 7) is 19.3. The van der Waals surface area contributed by atoms with Crippen LogP contribution in [0, 0.1) is 5.41 Å². The number of hydrogen-bond donors (Lipinski definition) is 4. The number of para-hydroxylation sites is 1. The van der Waals surface area contributed by atoms with Gasteiger partial charge in [0, 0.05) is 41.0 Å². The Morgan fingerprint density at radius 1 is 0.716 bits per heavy atom. The molecule has 0 saturated carbocycles. The Hall–Kier alpha value is -4.45. The molecule has 0 fully saturated rings. The fourth-order valence-electron chi connectivity index (χ4n) is 7.71. The molecule has 0 saturated heterocycles. The van der Waals surface area contributed by atoms with Crippen molar-refractivity contribution in [3.8, 4) is 17.2 Å². The van der Waals surface area contributed by atoms with Crippen molar-refractivity contribution in [1.82, 2.24) is 0 Å². The normalized spacial score (nSPS) is 13.9. The second-order valence-electron chi connectivity index (χ2n) is 19.5. The number of aromatic hydroxyl groups is 1. The summed E-state index contributed by atoms with van der Waals surface area (Å²) in [4.78, 5) is 54.1. The Morgan fingerprint density at radius 2 is 1.28 bits per heavy atom. The first-order valence-corrected chi connectivity index (χ1v) is 25.9. The van der Waals surface area contributed by atoms with Crippen LogP contribution in [0.25, 0.3) is 10.8 Å². The number of ketones is 1. The number of amides is 3. The maximum atomic E-state index is 15.6. The average molecular weight is 1090 g/mol. The number of primary amides is 1. The van der Waals surface area contributed by atoms with Crippen molar-refractivity contribution < 1.29 is 119 Å². The minimum Gasteiger partial charge on any atom is -0.744 e. The van der Waals surface area contributed by atoms with Gasteiger partial charge in [0.2, 0.25) is 5.91 Å². The van der Waals surface area contributed by atoms with Crippen molar-refractivity contribution in [3.63, 3.8) is 0 Å². The quantitative estimate of drug-likeness (QED) is 0.0301. The van der Waals surface area contributed by atoms with Crippen molar-refractivity contribution in [1.29, 1.82) is 0 Å². The first-order chi connectivity index (χ1) is 33.2. The molecule has 0 radical (unpaired) electrons. The molecule has 3 amide bonds. The summed E-state index contributed by atoms with van der Waals surface area (Å²) in [5.74, 6) is -4.36. The summed E-state index contributed by atoms with van der Waals surface area (Å²) in [5.41, 5.74) is 0.701. The number of anilines is 2. The predicted octanol–water partition coefficient (Wildman–Crippen LogP) is 3.85. The number of azo groups is 1. The first-order valence-electron chi connectivity index (χ1n) is 22.7. The van der Waals surface area contributed by atoms with Gasteiger partial charge < -0.3 is 40.1 Å². The standard InChI is InChI=1S/C51H60ClN5O13S2.2Na/c1-12-48(8,9)35-27-37(49(10,11)13-2)39(70-50(52,14-3)45(53)61)28-36(35)51(44(60)47(5,6)7,46(62)55-31-18-16-15-17-19-31)69-33-22-20-32(21-23-33)56-57-42-40(72(66,67)68)25-30-24-34(71(63,64)65)26-38(54-29(4)58)41(30)43(42)59;;/h15-28,59H,12-14H2,1-11H3,(H2,53,61)(H,54,58)(H,55,62)(H,63,64,65)(H,66,67,68);;/q;2*+1/p-2. The van der Waals surface area contributed by atoms with Crippen molar-refractivity contribution in [3.05, 3.63) is 102 Å². The Balaban J connectivity index is 0.00000722. The van der Waals surface area contributed by atoms with Gasteiger partial charge in [-0.05, 0) is 95.3 Å². The van der Waals surface area contributed by atoms with E-state index in [0.717, 1.165) is 19.1 Å². The van der Waals surface area contributed by atoms with Gasteiger partial charge in [0.15, 0.2) is 11.5 Å². The summed E-state index contributed by atoms with van der Waals surface area (Å²) >= 11 is 6.81. The molecule has 0 aliphatic heterocycles. The molecule has 2 atom stereocenters. The van der Waals surface area contributed by atoms with E-state index in [1.165, 1.54) is 30.3 Å². The number of nitrogens with one attached hydrogen (secondary N) is 2. The number of halogens is 1. The number of benzene rings is 5. The fourth-order valence-corrected chi connectivity index (χ4v) is 8.97. The average Bonchev–Trinajstić information content (AvgIpc) is 3.29. The number of nitrogens with two attached hydrogens (primary N) is 1. The van der Waals surface area contributed by atoms with Gasteiger partial charge >= 0.3 is 59.1 Å². The zero-order chi connectivity index (χ0) is 54.2. The SMILES string of the molecule is CCC(Cl)(Oc1cc(C(Oc2ccc(N=Nc3c(S(=O)(=O)[O-])cc4cc(S(=O)(=O)[O-])cc(NC(C)=O)c4c3O)cc2)(C(=O)Nc2ccccc2)C(=O)C(C)(C)C)c(C(C)(C)CC)cc1C(C)(C)CC)C(N)=O.[Na+].[Na+]. The third-order valence-electron chi connectivity index (χ3n) is 12.5. The van der Waals surface area contributed by atoms with Crippen LogP contribution < -0.4 is 85.0 Å². The molecule has 5 aromatic carbocycles. The summed E-state index contributed by atoms with van der Waals surface area (Å²) in [6, 6.07) is 19.2. The minimum atomic E-state index is -5.50. The van der Waals surface area contributed by atoms with Crippen LogP contribution in [0.2, 0.25) is 0 Å². The number of alkyl halides is 1. The van der Waals surface area contributed by atoms with Crippen LogP contribution in [0.4, 0.5) is 22.7 Å². The van der Waals surface area contributed by atoms with Crippen LogP contribution in [0.3, 0.4) is 0 Å². The smallest absolute Gasteiger partial charge is 0.744 e. The topological polar surface area (TPSA) is 296 Å². The molecule has 0 bridgehead atoms. The van der Waals surface area contributed by atoms with Gasteiger partial charge in [0.05, 0.1) is 21.2 Å². The van der Waals surface area contributed by atoms with Crippen molar-refractivity contribution in [2.45, 2.75) is 127 Å². The number of ether oxygens (including phenoxy) is 2. The number of carbonyl (C=O) groups is 4. The van der Waals surface area contributed by atoms with Gasteiger partial charge in [-0.3, -0.25) is 19.2 Å². The maximum Gasteiger partial charge on any atom is 1.00 e. The third-order valence-corrected chi connectivity index (χ3v) is 14.7. The monoisotopic (exact) mass is 1090 g/mol. The summed E-state index contributed by atoms with van der Waals surface area (Å²) in [5, 5.41) is 21.7. The van der Waals surface area contributed by atoms with E-state index < -0.39 is 103 Å². The molecular formula is C51H58ClN5Na2O13S2. The zero-order valence-corrected chi connectivity index (χ0v) is 50.1. The molecule has 23 heteroatoms. The zero-order valence-electron chi connectivity index (χ0n) is 43.7. The van der Waals surface area contributed by atoms with Crippen LogP contribution in [0.1, 0.15) is 112 Å². The molecule has 0 aliphatic carbocycles. The molecule has 74 heavy (non-hydrogen) atoms. The Morgan fingerprint density at radius 3 is 1.77 bits per heavy atom. The van der Waals surface area contributed by atoms with Crippen LogP contribution in [-0.2, 0) is 55.8 Å². The van der Waals surface area contributed by atoms with Crippen LogP contribution in [-0.4, -0.2) is 59.6 Å². The van der Waals surface area contributed by atoms with E-state index >= 15 is 9.59 Å². The first kappa shape index (κ1) is 63.8. The van der Waals surface area contributed by atoms with Crippen LogP contribution >= 0.6 is 11.6 Å². The number of fused-ring (bicyclic) bond motifs is 1. The fraction of sp³-hybridized carbons (Fsp3) is 0.373. The maximum absolute atomic E-state index is 15.6. The van der Waals surface area contributed by atoms with Gasteiger partial charge in [-0.2, -0.15) is 5.11 Å². The van der Waals surface area contributed by atoms with Crippen molar-refractivity contribution in [2.75, 3.05) is 10.6 Å². The van der Waals surface area contributed by atoms with E-state index in [0.29, 0.717) is 35.7 Å². The van der Waals surface area contributed by atoms with E-state index in [1.807, 2.05) is 47.6 Å². The van der Waals surface area contributed by atoms with E-state index in [1.54, 1.807) is 58.0 Å².